The van der Waals surface area contributed by atoms with Crippen LogP contribution in [0.4, 0.5) is 11.4 Å². The molecule has 0 aliphatic carbocycles. The van der Waals surface area contributed by atoms with Gasteiger partial charge in [-0.2, -0.15) is 0 Å². The first-order chi connectivity index (χ1) is 14.0. The molecule has 0 bridgehead atoms. The molecular weight excluding hydrogens is 462 g/mol. The maximum absolute atomic E-state index is 13.1. The van der Waals surface area contributed by atoms with Crippen LogP contribution in [0.2, 0.25) is 0 Å². The van der Waals surface area contributed by atoms with Gasteiger partial charge in [0.05, 0.1) is 27.4 Å². The summed E-state index contributed by atoms with van der Waals surface area (Å²) in [5.41, 5.74) is 4.29. The topological polar surface area (TPSA) is 181 Å². The van der Waals surface area contributed by atoms with Gasteiger partial charge in [-0.25, -0.2) is 18.1 Å². The second kappa shape index (κ2) is 9.12. The molecule has 3 aromatic rings. The third-order valence-electron chi connectivity index (χ3n) is 4.75. The normalized spacial score (nSPS) is 12.8. The molecule has 3 aromatic carbocycles. The van der Waals surface area contributed by atoms with Crippen LogP contribution in [0.1, 0.15) is 31.1 Å². The number of nitrogen functional groups attached to an aromatic ring is 1. The van der Waals surface area contributed by atoms with Crippen molar-refractivity contribution >= 4 is 50.0 Å². The van der Waals surface area contributed by atoms with E-state index < -0.39 is 44.1 Å². The number of amides is 2. The number of hydrogen-bond acceptors (Lipinski definition) is 8. The number of aromatic carboxylic acids is 1. The van der Waals surface area contributed by atoms with E-state index >= 15 is 0 Å². The van der Waals surface area contributed by atoms with Gasteiger partial charge in [-0.15, -0.1) is 0 Å². The summed E-state index contributed by atoms with van der Waals surface area (Å²) in [6.45, 7) is 0. The molecule has 1 aliphatic heterocycles. The molecule has 0 radical (unpaired) electrons. The molecule has 0 spiro atoms. The van der Waals surface area contributed by atoms with Gasteiger partial charge >= 0.3 is 65.1 Å². The van der Waals surface area contributed by atoms with E-state index in [1.807, 2.05) is 0 Å². The van der Waals surface area contributed by atoms with E-state index in [9.17, 15) is 32.5 Å². The van der Waals surface area contributed by atoms with Crippen LogP contribution < -0.4 is 74.9 Å². The van der Waals surface area contributed by atoms with E-state index in [0.29, 0.717) is 4.90 Å². The SMILES string of the molecule is Nc1c(S(=O)(=O)[O-])cc2c3c(cccc13)C(=O)N(c1ccc([O-])c(C(=O)O)c1)C2=O.[Na+].[Na+]. The molecule has 152 valence electrons. The first-order valence-corrected chi connectivity index (χ1v) is 9.67. The van der Waals surface area contributed by atoms with Crippen molar-refractivity contribution in [2.75, 3.05) is 10.6 Å². The van der Waals surface area contributed by atoms with Crippen LogP contribution in [0.15, 0.2) is 47.4 Å². The maximum atomic E-state index is 13.1. The number of anilines is 2. The number of carboxylic acids is 1. The minimum Gasteiger partial charge on any atom is -0.872 e. The van der Waals surface area contributed by atoms with Crippen molar-refractivity contribution in [2.45, 2.75) is 4.90 Å². The summed E-state index contributed by atoms with van der Waals surface area (Å²) < 4.78 is 34.9. The van der Waals surface area contributed by atoms with E-state index in [2.05, 4.69) is 0 Å². The fourth-order valence-electron chi connectivity index (χ4n) is 3.43. The molecule has 0 fully saturated rings. The summed E-state index contributed by atoms with van der Waals surface area (Å²) in [5, 5.41) is 21.0. The fraction of sp³-hybridized carbons (Fsp3) is 0. The molecule has 0 aromatic heterocycles. The van der Waals surface area contributed by atoms with E-state index in [4.69, 9.17) is 10.8 Å². The monoisotopic (exact) mass is 472 g/mol. The minimum absolute atomic E-state index is 0. The van der Waals surface area contributed by atoms with E-state index in [-0.39, 0.29) is 92.4 Å². The zero-order valence-corrected chi connectivity index (χ0v) is 21.6. The molecule has 0 atom stereocenters. The largest absolute Gasteiger partial charge is 1.00 e. The molecule has 13 heteroatoms. The third kappa shape index (κ3) is 4.06. The predicted molar refractivity (Wildman–Crippen MR) is 100 cm³/mol. The van der Waals surface area contributed by atoms with Crippen LogP contribution in [-0.4, -0.2) is 35.9 Å². The van der Waals surface area contributed by atoms with E-state index in [1.165, 1.54) is 18.2 Å². The average Bonchev–Trinajstić information content (AvgIpc) is 2.67. The Hall–Kier alpha value is -1.96. The number of benzene rings is 3. The number of carbonyl (C=O) groups excluding carboxylic acids is 2. The van der Waals surface area contributed by atoms with Crippen molar-refractivity contribution in [1.29, 1.82) is 0 Å². The Morgan fingerprint density at radius 1 is 1.00 bits per heavy atom. The predicted octanol–water partition coefficient (Wildman–Crippen LogP) is -5.09. The van der Waals surface area contributed by atoms with Crippen LogP contribution in [0.25, 0.3) is 10.8 Å². The van der Waals surface area contributed by atoms with Crippen molar-refractivity contribution < 1.29 is 96.7 Å². The molecular formula is C19H10N2Na2O8S. The molecule has 1 heterocycles. The summed E-state index contributed by atoms with van der Waals surface area (Å²) in [6, 6.07) is 7.80. The smallest absolute Gasteiger partial charge is 0.872 e. The fourth-order valence-corrected chi connectivity index (χ4v) is 4.07. The quantitative estimate of drug-likeness (QED) is 0.163. The summed E-state index contributed by atoms with van der Waals surface area (Å²) >= 11 is 0. The van der Waals surface area contributed by atoms with E-state index in [1.54, 1.807) is 0 Å². The molecule has 0 saturated carbocycles. The molecule has 3 N–H and O–H groups in total. The van der Waals surface area contributed by atoms with Gasteiger partial charge in [0.25, 0.3) is 11.8 Å². The Bertz CT molecular complexity index is 1420. The van der Waals surface area contributed by atoms with Crippen molar-refractivity contribution in [3.05, 3.63) is 59.2 Å². The van der Waals surface area contributed by atoms with Gasteiger partial charge in [0.1, 0.15) is 10.1 Å². The Morgan fingerprint density at radius 2 is 1.62 bits per heavy atom. The molecule has 1 aliphatic rings. The third-order valence-corrected chi connectivity index (χ3v) is 5.63. The summed E-state index contributed by atoms with van der Waals surface area (Å²) in [6.07, 6.45) is 0. The molecule has 0 saturated heterocycles. The molecule has 10 nitrogen and oxygen atoms in total. The summed E-state index contributed by atoms with van der Waals surface area (Å²) in [7, 11) is -5.04. The standard InChI is InChI=1S/C19H12N2O8S.2Na/c20-16-9-2-1-3-10-15(9)12(7-14(16)30(27,28)29)18(24)21(17(10)23)8-4-5-13(22)11(6-8)19(25)26;;/h1-7,22H,20H2,(H,25,26)(H,27,28,29);;/q;2*+1/p-2. The zero-order valence-electron chi connectivity index (χ0n) is 16.8. The Balaban J connectivity index is 0.00000181. The van der Waals surface area contributed by atoms with Crippen LogP contribution in [-0.2, 0) is 10.1 Å². The van der Waals surface area contributed by atoms with Gasteiger partial charge in [-0.3, -0.25) is 9.59 Å². The van der Waals surface area contributed by atoms with Crippen molar-refractivity contribution in [3.63, 3.8) is 0 Å². The molecule has 0 unspecified atom stereocenters. The molecule has 32 heavy (non-hydrogen) atoms. The van der Waals surface area contributed by atoms with Crippen molar-refractivity contribution in [1.82, 2.24) is 0 Å². The number of carboxylic acid groups (broad SMARTS) is 1. The van der Waals surface area contributed by atoms with Gasteiger partial charge in [0.2, 0.25) is 0 Å². The number of nitrogens with two attached hydrogens (primary N) is 1. The number of nitrogens with zero attached hydrogens (tertiary/aromatic N) is 1. The van der Waals surface area contributed by atoms with Crippen LogP contribution in [0, 0.1) is 0 Å². The summed E-state index contributed by atoms with van der Waals surface area (Å²) in [4.78, 5) is 37.2. The first-order valence-electron chi connectivity index (χ1n) is 8.26. The first kappa shape index (κ1) is 26.3. The molecule has 2 amide bonds. The van der Waals surface area contributed by atoms with Crippen LogP contribution in [0.5, 0.6) is 5.75 Å². The van der Waals surface area contributed by atoms with Gasteiger partial charge in [0, 0.05) is 16.3 Å². The molecule has 4 rings (SSSR count). The average molecular weight is 472 g/mol. The van der Waals surface area contributed by atoms with Gasteiger partial charge in [-0.05, 0) is 24.3 Å². The van der Waals surface area contributed by atoms with Crippen molar-refractivity contribution in [3.8, 4) is 5.75 Å². The Morgan fingerprint density at radius 3 is 2.22 bits per heavy atom. The van der Waals surface area contributed by atoms with Crippen LogP contribution >= 0.6 is 0 Å². The van der Waals surface area contributed by atoms with Crippen LogP contribution in [0.3, 0.4) is 0 Å². The maximum Gasteiger partial charge on any atom is 1.00 e. The minimum atomic E-state index is -5.04. The number of rotatable bonds is 3. The second-order valence-corrected chi connectivity index (χ2v) is 7.80. The number of imide groups is 1. The van der Waals surface area contributed by atoms with E-state index in [0.717, 1.165) is 24.3 Å². The second-order valence-electron chi connectivity index (χ2n) is 6.45. The van der Waals surface area contributed by atoms with Gasteiger partial charge in [-0.1, -0.05) is 23.9 Å². The summed E-state index contributed by atoms with van der Waals surface area (Å²) in [5.74, 6) is -4.19. The Kier molecular flexibility index (Phi) is 7.49. The van der Waals surface area contributed by atoms with Gasteiger partial charge < -0.3 is 20.5 Å². The van der Waals surface area contributed by atoms with Gasteiger partial charge in [0.15, 0.2) is 0 Å². The zero-order chi connectivity index (χ0) is 22.0. The Labute approximate surface area is 225 Å². The number of carbonyl (C=O) groups is 3. The number of hydrogen-bond donors (Lipinski definition) is 2. The van der Waals surface area contributed by atoms with Crippen molar-refractivity contribution in [2.24, 2.45) is 0 Å².